The van der Waals surface area contributed by atoms with Crippen LogP contribution < -0.4 is 22.5 Å². The molecule has 0 amide bonds. The number of ketones is 1. The first-order valence-electron chi connectivity index (χ1n) is 18.0. The molecule has 1 N–H and O–H groups in total. The molecule has 1 atom stereocenters. The fraction of sp³-hybridized carbons (Fsp3) is 0.514. The number of fused-ring (bicyclic) bond motifs is 2. The van der Waals surface area contributed by atoms with Gasteiger partial charge in [-0.15, -0.1) is 0 Å². The average molecular weight is 785 g/mol. The van der Waals surface area contributed by atoms with Crippen LogP contribution in [0.3, 0.4) is 0 Å². The maximum Gasteiger partial charge on any atom is 0.423 e. The van der Waals surface area contributed by atoms with Crippen molar-refractivity contribution in [2.75, 3.05) is 0 Å². The van der Waals surface area contributed by atoms with Crippen molar-refractivity contribution in [1.82, 2.24) is 47.7 Å². The van der Waals surface area contributed by atoms with Crippen LogP contribution in [0.5, 0.6) is 0 Å². The number of halogens is 3. The highest BCUT2D eigenvalue weighted by molar-refractivity contribution is 5.91. The van der Waals surface area contributed by atoms with Gasteiger partial charge in [-0.25, -0.2) is 19.6 Å². The van der Waals surface area contributed by atoms with E-state index >= 15 is 0 Å². The molecule has 298 valence electrons. The highest BCUT2D eigenvalue weighted by Gasteiger charge is 2.56. The number of nitrogens with zero attached hydrogens (tertiary/aromatic N) is 10. The zero-order chi connectivity index (χ0) is 40.3. The Morgan fingerprint density at radius 3 is 2.04 bits per heavy atom. The number of hydrogen-bond donors (Lipinski definition) is 1. The second-order valence-corrected chi connectivity index (χ2v) is 14.4. The number of rotatable bonds is 11. The summed E-state index contributed by atoms with van der Waals surface area (Å²) in [6, 6.07) is 2.12. The van der Waals surface area contributed by atoms with Gasteiger partial charge in [0.1, 0.15) is 17.2 Å². The minimum atomic E-state index is -5.29. The Morgan fingerprint density at radius 1 is 0.839 bits per heavy atom. The lowest BCUT2D eigenvalue weighted by Crippen LogP contribution is -2.43. The van der Waals surface area contributed by atoms with Crippen molar-refractivity contribution in [3.05, 3.63) is 88.9 Å². The predicted octanol–water partition coefficient (Wildman–Crippen LogP) is 2.27. The fourth-order valence-corrected chi connectivity index (χ4v) is 7.43. The van der Waals surface area contributed by atoms with Crippen molar-refractivity contribution in [3.63, 3.8) is 0 Å². The zero-order valence-electron chi connectivity index (χ0n) is 31.0. The van der Waals surface area contributed by atoms with Gasteiger partial charge in [0.25, 0.3) is 11.1 Å². The van der Waals surface area contributed by atoms with E-state index in [2.05, 4.69) is 20.3 Å². The van der Waals surface area contributed by atoms with E-state index in [9.17, 15) is 42.3 Å². The predicted molar refractivity (Wildman–Crippen MR) is 190 cm³/mol. The number of carbonyl (C=O) groups is 1. The van der Waals surface area contributed by atoms with E-state index in [4.69, 9.17) is 9.05 Å². The van der Waals surface area contributed by atoms with E-state index < -0.39 is 65.1 Å². The number of aromatic nitrogens is 10. The summed E-state index contributed by atoms with van der Waals surface area (Å²) in [5.74, 6) is -0.397. The van der Waals surface area contributed by atoms with Crippen LogP contribution in [0.1, 0.15) is 85.4 Å². The first kappa shape index (κ1) is 38.4. The van der Waals surface area contributed by atoms with Gasteiger partial charge in [-0.1, -0.05) is 36.0 Å². The molecule has 21 heteroatoms. The number of aliphatic hydroxyl groups is 1. The highest BCUT2D eigenvalue weighted by Crippen LogP contribution is 2.42. The van der Waals surface area contributed by atoms with Crippen LogP contribution in [0.2, 0.25) is 0 Å². The van der Waals surface area contributed by atoms with Crippen LogP contribution in [0.15, 0.2) is 46.7 Å². The molecule has 6 aromatic heterocycles. The second kappa shape index (κ2) is 14.3. The van der Waals surface area contributed by atoms with Gasteiger partial charge >= 0.3 is 17.6 Å². The summed E-state index contributed by atoms with van der Waals surface area (Å²) in [6.45, 7) is 0.825. The Hall–Kier alpha value is -5.86. The molecule has 6 aromatic rings. The fourth-order valence-electron chi connectivity index (χ4n) is 7.43. The molecule has 56 heavy (non-hydrogen) atoms. The number of carbonyl (C=O) groups excluding carboxylic acids is 1. The molecule has 7 rings (SSSR count). The van der Waals surface area contributed by atoms with Gasteiger partial charge in [0.05, 0.1) is 19.4 Å². The maximum absolute atomic E-state index is 14.7. The average Bonchev–Trinajstić information content (AvgIpc) is 3.94. The van der Waals surface area contributed by atoms with Crippen LogP contribution >= 0.6 is 0 Å². The van der Waals surface area contributed by atoms with Crippen LogP contribution in [0, 0.1) is 5.92 Å². The van der Waals surface area contributed by atoms with Crippen LogP contribution in [0.4, 0.5) is 13.2 Å². The standard InChI is InChI=1S/C35H39F3N10O8/c1-19(49)23-13-21(55-41-23)16-47-30(50)26-29(45(4)33(47)53)40-25(43(26)2)11-12-34(54,35(36,37)38)24-14-22(56-42-24)17-48-31(51)27-28(44(3)32(48)52)39-18-46(27)15-20-9-7-5-6-8-10-20/h13-14,18,20,54H,5-12,15-17H2,1-4H3. The lowest BCUT2D eigenvalue weighted by atomic mass is 9.92. The SMILES string of the molecule is CC(=O)c1cc(Cn2c(=O)c3c(nc(CCC(O)(c4cc(Cn5c(=O)c6c(ncn6CC6CCCCCC6)n(C)c5=O)on4)C(F)(F)F)n3C)n(C)c2=O)on1. The van der Waals surface area contributed by atoms with Crippen molar-refractivity contribution >= 4 is 28.1 Å². The van der Waals surface area contributed by atoms with Gasteiger partial charge < -0.3 is 23.3 Å². The van der Waals surface area contributed by atoms with Crippen molar-refractivity contribution in [2.24, 2.45) is 27.1 Å². The number of imidazole rings is 2. The lowest BCUT2D eigenvalue weighted by molar-refractivity contribution is -0.271. The van der Waals surface area contributed by atoms with Crippen molar-refractivity contribution in [2.45, 2.75) is 89.7 Å². The molecule has 6 heterocycles. The summed E-state index contributed by atoms with van der Waals surface area (Å²) in [5, 5.41) is 18.3. The third kappa shape index (κ3) is 6.62. The van der Waals surface area contributed by atoms with Crippen molar-refractivity contribution < 1.29 is 32.1 Å². The Morgan fingerprint density at radius 2 is 1.43 bits per heavy atom. The maximum atomic E-state index is 14.7. The minimum absolute atomic E-state index is 0.00617. The van der Waals surface area contributed by atoms with E-state index in [0.717, 1.165) is 58.3 Å². The van der Waals surface area contributed by atoms with Crippen LogP contribution in [0.25, 0.3) is 22.3 Å². The number of alkyl halides is 3. The Bertz CT molecular complexity index is 2720. The van der Waals surface area contributed by atoms with Gasteiger partial charge in [0, 0.05) is 53.2 Å². The summed E-state index contributed by atoms with van der Waals surface area (Å²) in [5.41, 5.74) is -7.53. The molecule has 0 radical (unpaired) electrons. The van der Waals surface area contributed by atoms with Gasteiger partial charge in [-0.3, -0.25) is 32.7 Å². The first-order chi connectivity index (χ1) is 26.5. The molecule has 0 spiro atoms. The molecule has 1 aliphatic carbocycles. The molecule has 18 nitrogen and oxygen atoms in total. The lowest BCUT2D eigenvalue weighted by Gasteiger charge is -2.28. The van der Waals surface area contributed by atoms with Crippen molar-refractivity contribution in [1.29, 1.82) is 0 Å². The van der Waals surface area contributed by atoms with E-state index in [1.807, 2.05) is 0 Å². The summed E-state index contributed by atoms with van der Waals surface area (Å²) in [7, 11) is 4.14. The van der Waals surface area contributed by atoms with E-state index in [-0.39, 0.29) is 51.9 Å². The molecule has 0 saturated heterocycles. The van der Waals surface area contributed by atoms with E-state index in [1.165, 1.54) is 49.6 Å². The zero-order valence-corrected chi connectivity index (χ0v) is 31.0. The second-order valence-electron chi connectivity index (χ2n) is 14.4. The summed E-state index contributed by atoms with van der Waals surface area (Å²) in [6.07, 6.45) is 1.07. The monoisotopic (exact) mass is 784 g/mol. The van der Waals surface area contributed by atoms with E-state index in [0.29, 0.717) is 12.5 Å². The molecule has 1 unspecified atom stereocenters. The third-order valence-corrected chi connectivity index (χ3v) is 10.7. The summed E-state index contributed by atoms with van der Waals surface area (Å²) >= 11 is 0. The van der Waals surface area contributed by atoms with Gasteiger partial charge in [0.2, 0.25) is 5.60 Å². The molecular formula is C35H39F3N10O8. The number of hydrogen-bond acceptors (Lipinski definition) is 12. The number of Topliss-reactive ketones (excluding diaryl/α,β-unsaturated/α-hetero) is 1. The van der Waals surface area contributed by atoms with Gasteiger partial charge in [-0.2, -0.15) is 13.2 Å². The molecule has 0 aromatic carbocycles. The van der Waals surface area contributed by atoms with Crippen molar-refractivity contribution in [3.8, 4) is 0 Å². The van der Waals surface area contributed by atoms with Gasteiger partial charge in [0.15, 0.2) is 39.6 Å². The first-order valence-corrected chi connectivity index (χ1v) is 18.0. The molecule has 1 aliphatic rings. The van der Waals surface area contributed by atoms with Crippen LogP contribution in [-0.4, -0.2) is 64.7 Å². The number of aryl methyl sites for hydroxylation is 4. The summed E-state index contributed by atoms with van der Waals surface area (Å²) < 4.78 is 61.2. The van der Waals surface area contributed by atoms with Gasteiger partial charge in [-0.05, 0) is 25.2 Å². The molecule has 0 aliphatic heterocycles. The summed E-state index contributed by atoms with van der Waals surface area (Å²) in [4.78, 5) is 73.9. The third-order valence-electron chi connectivity index (χ3n) is 10.7. The van der Waals surface area contributed by atoms with Crippen LogP contribution in [-0.2, 0) is 52.8 Å². The quantitative estimate of drug-likeness (QED) is 0.148. The Balaban J connectivity index is 1.17. The largest absolute Gasteiger partial charge is 0.423 e. The molecule has 0 bridgehead atoms. The Labute approximate surface area is 313 Å². The smallest absolute Gasteiger partial charge is 0.375 e. The van der Waals surface area contributed by atoms with E-state index in [1.54, 1.807) is 4.57 Å². The molecular weight excluding hydrogens is 745 g/mol. The normalized spacial score (nSPS) is 15.5. The Kier molecular flexibility index (Phi) is 9.83. The highest BCUT2D eigenvalue weighted by atomic mass is 19.4. The molecule has 1 fully saturated rings. The topological polar surface area (TPSA) is 213 Å². The molecule has 1 saturated carbocycles. The minimum Gasteiger partial charge on any atom is -0.375 e.